The molecule has 2 saturated heterocycles. The molecule has 7 nitrogen and oxygen atoms in total. The summed E-state index contributed by atoms with van der Waals surface area (Å²) in [7, 11) is 0. The van der Waals surface area contributed by atoms with E-state index in [0.29, 0.717) is 25.0 Å². The maximum atomic E-state index is 12.4. The van der Waals surface area contributed by atoms with Crippen LogP contribution in [0, 0.1) is 0 Å². The predicted octanol–water partition coefficient (Wildman–Crippen LogP) is 1.25. The van der Waals surface area contributed by atoms with E-state index in [1.807, 2.05) is 6.92 Å². The Morgan fingerprint density at radius 1 is 1.20 bits per heavy atom. The van der Waals surface area contributed by atoms with Crippen LogP contribution in [-0.4, -0.2) is 59.6 Å². The second-order valence-corrected chi connectivity index (χ2v) is 6.61. The van der Waals surface area contributed by atoms with Crippen LogP contribution in [0.15, 0.2) is 23.3 Å². The van der Waals surface area contributed by atoms with E-state index in [0.717, 1.165) is 25.0 Å². The molecule has 2 heterocycles. The Kier molecular flexibility index (Phi) is 6.75. The third kappa shape index (κ3) is 5.16. The number of carbonyl (C=O) groups is 3. The second-order valence-electron chi connectivity index (χ2n) is 6.61. The standard InChI is InChI=1S/C18H26N2O5/c1-12(11-25-18(24)14-5-3-9-19-14)7-8-13(2)16(21)20-10-4-6-15(20)17(22)23/h7-8,14-15,19H,3-6,9-11H2,1-2H3,(H,22,23)/b12-7+,13-8+/t14-,15-/m1/s1. The number of nitrogens with one attached hydrogen (secondary N) is 1. The summed E-state index contributed by atoms with van der Waals surface area (Å²) in [6.07, 6.45) is 6.36. The molecule has 1 amide bonds. The first-order valence-corrected chi connectivity index (χ1v) is 8.68. The smallest absolute Gasteiger partial charge is 0.326 e. The highest BCUT2D eigenvalue weighted by Crippen LogP contribution is 2.20. The van der Waals surface area contributed by atoms with Crippen molar-refractivity contribution in [1.82, 2.24) is 10.2 Å². The van der Waals surface area contributed by atoms with Crippen LogP contribution in [0.5, 0.6) is 0 Å². The summed E-state index contributed by atoms with van der Waals surface area (Å²) in [6.45, 7) is 4.97. The topological polar surface area (TPSA) is 95.9 Å². The number of aliphatic carboxylic acids is 1. The zero-order valence-electron chi connectivity index (χ0n) is 14.8. The van der Waals surface area contributed by atoms with E-state index in [1.165, 1.54) is 4.90 Å². The predicted molar refractivity (Wildman–Crippen MR) is 91.9 cm³/mol. The quantitative estimate of drug-likeness (QED) is 0.425. The summed E-state index contributed by atoms with van der Waals surface area (Å²) in [5, 5.41) is 12.3. The molecular weight excluding hydrogens is 324 g/mol. The summed E-state index contributed by atoms with van der Waals surface area (Å²) < 4.78 is 5.26. The molecule has 0 unspecified atom stereocenters. The molecule has 2 aliphatic heterocycles. The van der Waals surface area contributed by atoms with E-state index in [-0.39, 0.29) is 24.5 Å². The number of esters is 1. The highest BCUT2D eigenvalue weighted by atomic mass is 16.5. The van der Waals surface area contributed by atoms with Crippen LogP contribution in [0.3, 0.4) is 0 Å². The minimum atomic E-state index is -0.960. The number of likely N-dealkylation sites (tertiary alicyclic amines) is 1. The third-order valence-corrected chi connectivity index (χ3v) is 4.54. The van der Waals surface area contributed by atoms with Gasteiger partial charge in [0.1, 0.15) is 18.7 Å². The van der Waals surface area contributed by atoms with Crippen molar-refractivity contribution in [2.75, 3.05) is 19.7 Å². The number of ether oxygens (including phenoxy) is 1. The van der Waals surface area contributed by atoms with Crippen molar-refractivity contribution in [1.29, 1.82) is 0 Å². The molecule has 0 radical (unpaired) electrons. The van der Waals surface area contributed by atoms with Crippen molar-refractivity contribution in [2.45, 2.75) is 51.6 Å². The minimum Gasteiger partial charge on any atom is -0.480 e. The van der Waals surface area contributed by atoms with Crippen molar-refractivity contribution in [3.63, 3.8) is 0 Å². The maximum Gasteiger partial charge on any atom is 0.326 e. The average molecular weight is 350 g/mol. The SMILES string of the molecule is C/C(=C\C=C(/C)C(=O)N1CCC[C@@H]1C(=O)O)COC(=O)[C@H]1CCCN1. The van der Waals surface area contributed by atoms with Gasteiger partial charge >= 0.3 is 11.9 Å². The lowest BCUT2D eigenvalue weighted by Crippen LogP contribution is -2.40. The van der Waals surface area contributed by atoms with Crippen LogP contribution in [0.1, 0.15) is 39.5 Å². The molecule has 2 atom stereocenters. The monoisotopic (exact) mass is 350 g/mol. The molecule has 0 spiro atoms. The lowest BCUT2D eigenvalue weighted by atomic mass is 10.1. The fourth-order valence-electron chi connectivity index (χ4n) is 3.05. The highest BCUT2D eigenvalue weighted by molar-refractivity contribution is 5.96. The fourth-order valence-corrected chi connectivity index (χ4v) is 3.05. The van der Waals surface area contributed by atoms with Gasteiger partial charge in [-0.25, -0.2) is 4.79 Å². The Morgan fingerprint density at radius 3 is 2.60 bits per heavy atom. The van der Waals surface area contributed by atoms with E-state index < -0.39 is 12.0 Å². The second kappa shape index (κ2) is 8.80. The number of rotatable bonds is 6. The lowest BCUT2D eigenvalue weighted by Gasteiger charge is -2.21. The van der Waals surface area contributed by atoms with Crippen molar-refractivity contribution >= 4 is 17.8 Å². The van der Waals surface area contributed by atoms with Gasteiger partial charge in [0.25, 0.3) is 0 Å². The fraction of sp³-hybridized carbons (Fsp3) is 0.611. The Bertz CT molecular complexity index is 590. The van der Waals surface area contributed by atoms with Crippen LogP contribution in [0.2, 0.25) is 0 Å². The van der Waals surface area contributed by atoms with Crippen LogP contribution < -0.4 is 5.32 Å². The first kappa shape index (κ1) is 19.2. The molecule has 25 heavy (non-hydrogen) atoms. The molecule has 138 valence electrons. The van der Waals surface area contributed by atoms with E-state index in [1.54, 1.807) is 19.1 Å². The number of hydrogen-bond donors (Lipinski definition) is 2. The van der Waals surface area contributed by atoms with Gasteiger partial charge in [-0.3, -0.25) is 9.59 Å². The largest absolute Gasteiger partial charge is 0.480 e. The van der Waals surface area contributed by atoms with Crippen molar-refractivity contribution in [3.05, 3.63) is 23.3 Å². The van der Waals surface area contributed by atoms with Gasteiger partial charge in [-0.1, -0.05) is 12.2 Å². The first-order valence-electron chi connectivity index (χ1n) is 8.68. The lowest BCUT2D eigenvalue weighted by molar-refractivity contribution is -0.146. The number of nitrogens with zero attached hydrogens (tertiary/aromatic N) is 1. The van der Waals surface area contributed by atoms with E-state index in [4.69, 9.17) is 9.84 Å². The summed E-state index contributed by atoms with van der Waals surface area (Å²) in [4.78, 5) is 36.8. The van der Waals surface area contributed by atoms with Gasteiger partial charge in [0, 0.05) is 12.1 Å². The maximum absolute atomic E-state index is 12.4. The molecule has 2 aliphatic rings. The molecule has 0 bridgehead atoms. The Labute approximate surface area is 147 Å². The van der Waals surface area contributed by atoms with Crippen molar-refractivity contribution < 1.29 is 24.2 Å². The molecular formula is C18H26N2O5. The minimum absolute atomic E-state index is 0.177. The van der Waals surface area contributed by atoms with Gasteiger partial charge in [-0.05, 0) is 51.6 Å². The molecule has 2 fully saturated rings. The van der Waals surface area contributed by atoms with E-state index in [9.17, 15) is 14.4 Å². The van der Waals surface area contributed by atoms with Crippen LogP contribution in [-0.2, 0) is 19.1 Å². The highest BCUT2D eigenvalue weighted by Gasteiger charge is 2.34. The Balaban J connectivity index is 1.87. The summed E-state index contributed by atoms with van der Waals surface area (Å²) in [5.74, 6) is -1.47. The van der Waals surface area contributed by atoms with Gasteiger partial charge in [-0.2, -0.15) is 0 Å². The van der Waals surface area contributed by atoms with Crippen LogP contribution in [0.25, 0.3) is 0 Å². The molecule has 0 saturated carbocycles. The van der Waals surface area contributed by atoms with Gasteiger partial charge in [0.15, 0.2) is 0 Å². The summed E-state index contributed by atoms with van der Waals surface area (Å²) in [6, 6.07) is -0.949. The van der Waals surface area contributed by atoms with E-state index >= 15 is 0 Å². The van der Waals surface area contributed by atoms with Crippen LogP contribution >= 0.6 is 0 Å². The molecule has 2 N–H and O–H groups in total. The first-order chi connectivity index (χ1) is 11.9. The number of carboxylic acids is 1. The van der Waals surface area contributed by atoms with Gasteiger partial charge in [0.2, 0.25) is 5.91 Å². The third-order valence-electron chi connectivity index (χ3n) is 4.54. The molecule has 0 aromatic carbocycles. The summed E-state index contributed by atoms with van der Waals surface area (Å²) in [5.41, 5.74) is 1.28. The number of carbonyl (C=O) groups excluding carboxylic acids is 2. The zero-order valence-corrected chi connectivity index (χ0v) is 14.8. The van der Waals surface area contributed by atoms with Crippen molar-refractivity contribution in [3.8, 4) is 0 Å². The molecule has 7 heteroatoms. The Morgan fingerprint density at radius 2 is 1.96 bits per heavy atom. The number of carboxylic acid groups (broad SMARTS) is 1. The number of amides is 1. The van der Waals surface area contributed by atoms with Gasteiger partial charge < -0.3 is 20.1 Å². The summed E-state index contributed by atoms with van der Waals surface area (Å²) >= 11 is 0. The van der Waals surface area contributed by atoms with Gasteiger partial charge in [-0.15, -0.1) is 0 Å². The Hall–Kier alpha value is -2.15. The molecule has 0 aliphatic carbocycles. The van der Waals surface area contributed by atoms with Crippen molar-refractivity contribution in [2.24, 2.45) is 0 Å². The molecule has 0 aromatic heterocycles. The molecule has 2 rings (SSSR count). The van der Waals surface area contributed by atoms with Crippen LogP contribution in [0.4, 0.5) is 0 Å². The number of hydrogen-bond acceptors (Lipinski definition) is 5. The normalized spacial score (nSPS) is 24.5. The number of allylic oxidation sites excluding steroid dienone is 2. The molecule has 0 aromatic rings. The van der Waals surface area contributed by atoms with E-state index in [2.05, 4.69) is 5.32 Å². The van der Waals surface area contributed by atoms with Gasteiger partial charge in [0.05, 0.1) is 0 Å². The zero-order chi connectivity index (χ0) is 18.4. The average Bonchev–Trinajstić information content (AvgIpc) is 3.27.